The van der Waals surface area contributed by atoms with Crippen LogP contribution in [-0.4, -0.2) is 50.0 Å². The van der Waals surface area contributed by atoms with Gasteiger partial charge in [-0.1, -0.05) is 12.1 Å². The highest BCUT2D eigenvalue weighted by Crippen LogP contribution is 2.28. The van der Waals surface area contributed by atoms with Crippen LogP contribution in [0, 0.1) is 13.8 Å². The number of nitrogens with zero attached hydrogens (tertiary/aromatic N) is 2. The average Bonchev–Trinajstić information content (AvgIpc) is 3.08. The number of sulfonamides is 1. The Labute approximate surface area is 151 Å². The highest BCUT2D eigenvalue weighted by atomic mass is 32.2. The van der Waals surface area contributed by atoms with E-state index in [2.05, 4.69) is 23.1 Å². The zero-order valence-electron chi connectivity index (χ0n) is 14.1. The normalized spacial score (nSPS) is 16.2. The first kappa shape index (κ1) is 17.9. The number of benzene rings is 1. The van der Waals surface area contributed by atoms with Crippen molar-refractivity contribution in [2.75, 3.05) is 31.1 Å². The van der Waals surface area contributed by atoms with Crippen LogP contribution in [0.15, 0.2) is 34.5 Å². The van der Waals surface area contributed by atoms with Gasteiger partial charge in [0.1, 0.15) is 9.77 Å². The number of aryl methyl sites for hydroxylation is 2. The summed E-state index contributed by atoms with van der Waals surface area (Å²) in [6, 6.07) is 7.61. The molecule has 1 aromatic heterocycles. The predicted molar refractivity (Wildman–Crippen MR) is 98.2 cm³/mol. The topological polar surface area (TPSA) is 77.9 Å². The van der Waals surface area contributed by atoms with Crippen molar-refractivity contribution in [2.45, 2.75) is 18.7 Å². The van der Waals surface area contributed by atoms with Crippen LogP contribution < -0.4 is 4.90 Å². The second kappa shape index (κ2) is 6.78. The molecule has 3 rings (SSSR count). The number of hydrogen-bond donors (Lipinski definition) is 1. The Kier molecular flexibility index (Phi) is 4.86. The third kappa shape index (κ3) is 3.42. The van der Waals surface area contributed by atoms with E-state index >= 15 is 0 Å². The smallest absolute Gasteiger partial charge is 0.347 e. The Morgan fingerprint density at radius 1 is 1.12 bits per heavy atom. The fourth-order valence-corrected chi connectivity index (χ4v) is 5.68. The predicted octanol–water partition coefficient (Wildman–Crippen LogP) is 2.57. The summed E-state index contributed by atoms with van der Waals surface area (Å²) in [7, 11) is -3.78. The monoisotopic (exact) mass is 380 g/mol. The lowest BCUT2D eigenvalue weighted by Crippen LogP contribution is -2.49. The summed E-state index contributed by atoms with van der Waals surface area (Å²) in [5.41, 5.74) is 3.45. The molecule has 0 amide bonds. The van der Waals surface area contributed by atoms with Crippen LogP contribution in [0.5, 0.6) is 0 Å². The highest BCUT2D eigenvalue weighted by Gasteiger charge is 2.32. The molecule has 0 bridgehead atoms. The first-order chi connectivity index (χ1) is 11.8. The molecule has 0 radical (unpaired) electrons. The molecule has 8 heteroatoms. The number of carboxylic acids is 1. The summed E-state index contributed by atoms with van der Waals surface area (Å²) >= 11 is 0.934. The van der Waals surface area contributed by atoms with Crippen molar-refractivity contribution in [3.8, 4) is 0 Å². The van der Waals surface area contributed by atoms with Gasteiger partial charge in [0.2, 0.25) is 10.0 Å². The van der Waals surface area contributed by atoms with Crippen LogP contribution in [0.3, 0.4) is 0 Å². The van der Waals surface area contributed by atoms with Crippen molar-refractivity contribution in [3.05, 3.63) is 45.6 Å². The van der Waals surface area contributed by atoms with E-state index in [9.17, 15) is 18.3 Å². The average molecular weight is 380 g/mol. The lowest BCUT2D eigenvalue weighted by Gasteiger charge is -2.36. The zero-order valence-corrected chi connectivity index (χ0v) is 15.7. The van der Waals surface area contributed by atoms with Gasteiger partial charge < -0.3 is 10.0 Å². The summed E-state index contributed by atoms with van der Waals surface area (Å²) in [6.45, 7) is 5.91. The largest absolute Gasteiger partial charge is 0.477 e. The van der Waals surface area contributed by atoms with E-state index in [0.717, 1.165) is 22.6 Å². The SMILES string of the molecule is Cc1ccc(C)c(N2CCN(S(=O)(=O)c3ccsc3C(=O)O)CC2)c1. The third-order valence-corrected chi connectivity index (χ3v) is 7.36. The minimum Gasteiger partial charge on any atom is -0.477 e. The Morgan fingerprint density at radius 3 is 2.44 bits per heavy atom. The van der Waals surface area contributed by atoms with E-state index in [1.807, 2.05) is 13.8 Å². The fourth-order valence-electron chi connectivity index (χ4n) is 3.03. The van der Waals surface area contributed by atoms with Crippen LogP contribution in [0.25, 0.3) is 0 Å². The standard InChI is InChI=1S/C17H20N2O4S2/c1-12-3-4-13(2)14(11-12)18-6-8-19(9-7-18)25(22,23)15-5-10-24-16(15)17(20)21/h3-5,10-11H,6-9H2,1-2H3,(H,20,21). The van der Waals surface area contributed by atoms with E-state index in [4.69, 9.17) is 0 Å². The number of hydrogen-bond acceptors (Lipinski definition) is 5. The molecule has 0 unspecified atom stereocenters. The van der Waals surface area contributed by atoms with Crippen molar-refractivity contribution in [3.63, 3.8) is 0 Å². The highest BCUT2D eigenvalue weighted by molar-refractivity contribution is 7.89. The maximum atomic E-state index is 12.8. The Hall–Kier alpha value is -1.90. The van der Waals surface area contributed by atoms with Crippen molar-refractivity contribution < 1.29 is 18.3 Å². The number of rotatable bonds is 4. The summed E-state index contributed by atoms with van der Waals surface area (Å²) in [5.74, 6) is -1.21. The molecule has 1 fully saturated rings. The first-order valence-electron chi connectivity index (χ1n) is 7.94. The number of thiophene rings is 1. The Balaban J connectivity index is 1.79. The van der Waals surface area contributed by atoms with Crippen molar-refractivity contribution in [1.29, 1.82) is 0 Å². The van der Waals surface area contributed by atoms with Crippen molar-refractivity contribution in [1.82, 2.24) is 4.31 Å². The molecule has 2 aromatic rings. The summed E-state index contributed by atoms with van der Waals surface area (Å²) < 4.78 is 27.0. The van der Waals surface area contributed by atoms with Gasteiger partial charge in [0.15, 0.2) is 0 Å². The summed E-state index contributed by atoms with van der Waals surface area (Å²) in [4.78, 5) is 13.2. The molecule has 2 heterocycles. The van der Waals surface area contributed by atoms with Gasteiger partial charge in [-0.2, -0.15) is 4.31 Å². The summed E-state index contributed by atoms with van der Waals surface area (Å²) in [5, 5.41) is 10.7. The van der Waals surface area contributed by atoms with E-state index in [-0.39, 0.29) is 9.77 Å². The van der Waals surface area contributed by atoms with E-state index in [1.165, 1.54) is 21.3 Å². The molecule has 25 heavy (non-hydrogen) atoms. The van der Waals surface area contributed by atoms with Gasteiger partial charge >= 0.3 is 5.97 Å². The lowest BCUT2D eigenvalue weighted by atomic mass is 10.1. The molecule has 1 N–H and O–H groups in total. The molecular formula is C17H20N2O4S2. The van der Waals surface area contributed by atoms with Crippen LogP contribution in [0.2, 0.25) is 0 Å². The molecule has 0 atom stereocenters. The van der Waals surface area contributed by atoms with Crippen LogP contribution >= 0.6 is 11.3 Å². The fraction of sp³-hybridized carbons (Fsp3) is 0.353. The van der Waals surface area contributed by atoms with Gasteiger partial charge in [-0.15, -0.1) is 11.3 Å². The molecule has 1 saturated heterocycles. The Bertz CT molecular complexity index is 897. The quantitative estimate of drug-likeness (QED) is 0.882. The van der Waals surface area contributed by atoms with Crippen molar-refractivity contribution in [2.24, 2.45) is 0 Å². The van der Waals surface area contributed by atoms with Crippen LogP contribution in [0.4, 0.5) is 5.69 Å². The number of piperazine rings is 1. The second-order valence-corrected chi connectivity index (χ2v) is 8.92. The van der Waals surface area contributed by atoms with Crippen LogP contribution in [-0.2, 0) is 10.0 Å². The Morgan fingerprint density at radius 2 is 1.80 bits per heavy atom. The van der Waals surface area contributed by atoms with Gasteiger partial charge in [0, 0.05) is 31.9 Å². The first-order valence-corrected chi connectivity index (χ1v) is 10.3. The van der Waals surface area contributed by atoms with Gasteiger partial charge in [0.05, 0.1) is 0 Å². The lowest BCUT2D eigenvalue weighted by molar-refractivity contribution is 0.0698. The van der Waals surface area contributed by atoms with Crippen LogP contribution in [0.1, 0.15) is 20.8 Å². The van der Waals surface area contributed by atoms with E-state index in [0.29, 0.717) is 26.2 Å². The maximum Gasteiger partial charge on any atom is 0.347 e. The molecule has 0 aliphatic carbocycles. The third-order valence-electron chi connectivity index (χ3n) is 4.39. The van der Waals surface area contributed by atoms with Gasteiger partial charge in [0.25, 0.3) is 0 Å². The minimum absolute atomic E-state index is 0.106. The molecule has 1 aliphatic rings. The zero-order chi connectivity index (χ0) is 18.2. The molecule has 0 spiro atoms. The molecule has 1 aliphatic heterocycles. The van der Waals surface area contributed by atoms with Gasteiger partial charge in [-0.3, -0.25) is 0 Å². The summed E-state index contributed by atoms with van der Waals surface area (Å²) in [6.07, 6.45) is 0. The molecule has 134 valence electrons. The van der Waals surface area contributed by atoms with Gasteiger partial charge in [-0.25, -0.2) is 13.2 Å². The maximum absolute atomic E-state index is 12.8. The minimum atomic E-state index is -3.78. The van der Waals surface area contributed by atoms with Crippen molar-refractivity contribution >= 4 is 33.0 Å². The van der Waals surface area contributed by atoms with E-state index < -0.39 is 16.0 Å². The molecule has 0 saturated carbocycles. The second-order valence-electron chi connectivity index (χ2n) is 6.10. The molecular weight excluding hydrogens is 360 g/mol. The number of aromatic carboxylic acids is 1. The molecule has 6 nitrogen and oxygen atoms in total. The number of carbonyl (C=O) groups is 1. The number of carboxylic acid groups (broad SMARTS) is 1. The molecule has 1 aromatic carbocycles. The number of anilines is 1. The van der Waals surface area contributed by atoms with E-state index in [1.54, 1.807) is 0 Å². The van der Waals surface area contributed by atoms with Gasteiger partial charge in [-0.05, 0) is 42.5 Å².